The zero-order valence-electron chi connectivity index (χ0n) is 6.50. The predicted molar refractivity (Wildman–Crippen MR) is 37.2 cm³/mol. The van der Waals surface area contributed by atoms with E-state index in [0.29, 0.717) is 17.9 Å². The molecule has 0 amide bonds. The number of rotatable bonds is 5. The summed E-state index contributed by atoms with van der Waals surface area (Å²) in [5.41, 5.74) is 0. The fourth-order valence-electron chi connectivity index (χ4n) is 0.375. The van der Waals surface area contributed by atoms with E-state index < -0.39 is 5.97 Å². The van der Waals surface area contributed by atoms with Crippen molar-refractivity contribution in [2.75, 3.05) is 11.5 Å². The molecule has 0 aromatic rings. The van der Waals surface area contributed by atoms with Gasteiger partial charge in [-0.25, -0.2) is 0 Å². The van der Waals surface area contributed by atoms with Gasteiger partial charge in [0, 0.05) is 18.1 Å². The van der Waals surface area contributed by atoms with Crippen molar-refractivity contribution in [3.8, 4) is 6.07 Å². The fourth-order valence-corrected chi connectivity index (χ4v) is 1.13. The summed E-state index contributed by atoms with van der Waals surface area (Å²) in [4.78, 5) is 9.84. The van der Waals surface area contributed by atoms with Gasteiger partial charge in [0.25, 0.3) is 0 Å². The first-order chi connectivity index (χ1) is 4.77. The first-order valence-electron chi connectivity index (χ1n) is 2.92. The summed E-state index contributed by atoms with van der Waals surface area (Å²) in [6, 6.07) is 1.97. The largest absolute Gasteiger partial charge is 1.00 e. The molecule has 0 saturated carbocycles. The Bertz CT molecular complexity index is 146. The Morgan fingerprint density at radius 3 is 2.64 bits per heavy atom. The Morgan fingerprint density at radius 2 is 2.18 bits per heavy atom. The van der Waals surface area contributed by atoms with Crippen LogP contribution in [0.15, 0.2) is 0 Å². The molecule has 11 heavy (non-hydrogen) atoms. The van der Waals surface area contributed by atoms with Gasteiger partial charge in [-0.3, -0.25) is 0 Å². The van der Waals surface area contributed by atoms with Gasteiger partial charge in [0.1, 0.15) is 0 Å². The topological polar surface area (TPSA) is 63.9 Å². The summed E-state index contributed by atoms with van der Waals surface area (Å²) in [5.74, 6) is 0.234. The van der Waals surface area contributed by atoms with Crippen molar-refractivity contribution in [2.45, 2.75) is 12.8 Å². The molecule has 0 fully saturated rings. The maximum atomic E-state index is 9.84. The molecular weight excluding hydrogens is 173 g/mol. The Kier molecular flexibility index (Phi) is 13.0. The van der Waals surface area contributed by atoms with Crippen molar-refractivity contribution in [1.29, 1.82) is 5.26 Å². The van der Waals surface area contributed by atoms with Crippen LogP contribution in [-0.4, -0.2) is 17.5 Å². The molecular formula is C6H8NNaO2S. The SMILES string of the molecule is N#CCCSCCC(=O)[O-].[Na+]. The van der Waals surface area contributed by atoms with Crippen LogP contribution in [0.1, 0.15) is 12.8 Å². The van der Waals surface area contributed by atoms with Crippen LogP contribution in [0.5, 0.6) is 0 Å². The number of aliphatic carboxylic acids is 1. The monoisotopic (exact) mass is 181 g/mol. The summed E-state index contributed by atoms with van der Waals surface area (Å²) >= 11 is 1.46. The van der Waals surface area contributed by atoms with Crippen molar-refractivity contribution in [3.63, 3.8) is 0 Å². The van der Waals surface area contributed by atoms with Crippen molar-refractivity contribution in [2.24, 2.45) is 0 Å². The van der Waals surface area contributed by atoms with Gasteiger partial charge in [0.15, 0.2) is 0 Å². The quantitative estimate of drug-likeness (QED) is 0.330. The summed E-state index contributed by atoms with van der Waals surface area (Å²) in [6.07, 6.45) is 0.563. The Hall–Kier alpha value is 0.310. The second-order valence-electron chi connectivity index (χ2n) is 1.64. The van der Waals surface area contributed by atoms with Crippen LogP contribution >= 0.6 is 11.8 Å². The number of carboxylic acids is 1. The van der Waals surface area contributed by atoms with E-state index in [1.54, 1.807) is 0 Å². The van der Waals surface area contributed by atoms with E-state index in [1.807, 2.05) is 6.07 Å². The average molecular weight is 181 g/mol. The molecule has 0 spiro atoms. The van der Waals surface area contributed by atoms with Gasteiger partial charge >= 0.3 is 29.6 Å². The van der Waals surface area contributed by atoms with Crippen molar-refractivity contribution in [1.82, 2.24) is 0 Å². The van der Waals surface area contributed by atoms with Gasteiger partial charge in [-0.15, -0.1) is 0 Å². The molecule has 56 valence electrons. The molecule has 0 heterocycles. The summed E-state index contributed by atoms with van der Waals surface area (Å²) in [7, 11) is 0. The molecule has 0 aromatic carbocycles. The van der Waals surface area contributed by atoms with Crippen LogP contribution < -0.4 is 34.7 Å². The fraction of sp³-hybridized carbons (Fsp3) is 0.667. The van der Waals surface area contributed by atoms with Crippen LogP contribution in [-0.2, 0) is 4.79 Å². The zero-order chi connectivity index (χ0) is 7.82. The zero-order valence-corrected chi connectivity index (χ0v) is 9.32. The van der Waals surface area contributed by atoms with E-state index in [4.69, 9.17) is 5.26 Å². The number of hydrogen-bond donors (Lipinski definition) is 0. The summed E-state index contributed by atoms with van der Waals surface area (Å²) in [5, 5.41) is 17.9. The molecule has 0 unspecified atom stereocenters. The predicted octanol–water partition coefficient (Wildman–Crippen LogP) is -3.22. The second-order valence-corrected chi connectivity index (χ2v) is 2.87. The van der Waals surface area contributed by atoms with E-state index in [9.17, 15) is 9.90 Å². The van der Waals surface area contributed by atoms with Crippen LogP contribution in [0.25, 0.3) is 0 Å². The van der Waals surface area contributed by atoms with Crippen molar-refractivity contribution >= 4 is 17.7 Å². The third kappa shape index (κ3) is 13.3. The van der Waals surface area contributed by atoms with Gasteiger partial charge in [0.2, 0.25) is 0 Å². The standard InChI is InChI=1S/C6H9NO2S.Na/c7-3-1-4-10-5-2-6(8)9;/h1-2,4-5H2,(H,8,9);/q;+1/p-1. The Labute approximate surface area is 92.4 Å². The molecule has 0 saturated heterocycles. The normalized spacial score (nSPS) is 7.91. The van der Waals surface area contributed by atoms with Crippen LogP contribution in [0.3, 0.4) is 0 Å². The van der Waals surface area contributed by atoms with Crippen LogP contribution in [0.4, 0.5) is 0 Å². The minimum Gasteiger partial charge on any atom is -0.550 e. The Morgan fingerprint density at radius 1 is 1.55 bits per heavy atom. The van der Waals surface area contributed by atoms with E-state index in [1.165, 1.54) is 11.8 Å². The van der Waals surface area contributed by atoms with Gasteiger partial charge < -0.3 is 9.90 Å². The number of carbonyl (C=O) groups excluding carboxylic acids is 1. The van der Waals surface area contributed by atoms with E-state index in [2.05, 4.69) is 0 Å². The van der Waals surface area contributed by atoms with Gasteiger partial charge in [-0.1, -0.05) is 0 Å². The van der Waals surface area contributed by atoms with Crippen LogP contribution in [0, 0.1) is 11.3 Å². The van der Waals surface area contributed by atoms with E-state index >= 15 is 0 Å². The molecule has 0 rings (SSSR count). The van der Waals surface area contributed by atoms with Crippen molar-refractivity contribution < 1.29 is 39.5 Å². The third-order valence-electron chi connectivity index (χ3n) is 0.809. The molecule has 0 atom stereocenters. The minimum atomic E-state index is -1.02. The number of carboxylic acid groups (broad SMARTS) is 1. The molecule has 0 aliphatic rings. The molecule has 0 N–H and O–H groups in total. The average Bonchev–Trinajstić information content (AvgIpc) is 1.87. The van der Waals surface area contributed by atoms with Crippen molar-refractivity contribution in [3.05, 3.63) is 0 Å². The molecule has 0 aliphatic carbocycles. The van der Waals surface area contributed by atoms with Gasteiger partial charge in [-0.05, 0) is 12.2 Å². The Balaban J connectivity index is 0. The van der Waals surface area contributed by atoms with Gasteiger partial charge in [-0.2, -0.15) is 17.0 Å². The van der Waals surface area contributed by atoms with E-state index in [0.717, 1.165) is 0 Å². The molecule has 5 heteroatoms. The van der Waals surface area contributed by atoms with Crippen LogP contribution in [0.2, 0.25) is 0 Å². The van der Waals surface area contributed by atoms with E-state index in [-0.39, 0.29) is 36.0 Å². The number of nitrogens with zero attached hydrogens (tertiary/aromatic N) is 1. The minimum absolute atomic E-state index is 0. The number of carbonyl (C=O) groups is 1. The second kappa shape index (κ2) is 10.3. The maximum Gasteiger partial charge on any atom is 1.00 e. The maximum absolute atomic E-state index is 9.84. The first kappa shape index (κ1) is 13.9. The number of thioether (sulfide) groups is 1. The summed E-state index contributed by atoms with van der Waals surface area (Å²) in [6.45, 7) is 0. The third-order valence-corrected chi connectivity index (χ3v) is 1.79. The number of nitriles is 1. The first-order valence-corrected chi connectivity index (χ1v) is 4.07. The number of hydrogen-bond acceptors (Lipinski definition) is 4. The van der Waals surface area contributed by atoms with Gasteiger partial charge in [0.05, 0.1) is 6.07 Å². The summed E-state index contributed by atoms with van der Waals surface area (Å²) < 4.78 is 0. The smallest absolute Gasteiger partial charge is 0.550 e. The molecule has 0 bridgehead atoms. The molecule has 0 aromatic heterocycles. The molecule has 0 radical (unpaired) electrons. The molecule has 3 nitrogen and oxygen atoms in total. The molecule has 0 aliphatic heterocycles.